The molecule has 0 aliphatic carbocycles. The highest BCUT2D eigenvalue weighted by molar-refractivity contribution is 9.10. The van der Waals surface area contributed by atoms with Gasteiger partial charge in [0.1, 0.15) is 11.9 Å². The summed E-state index contributed by atoms with van der Waals surface area (Å²) in [6, 6.07) is 3.16. The molecular formula is C10H5Br2FO. The molecule has 0 radical (unpaired) electrons. The molecule has 2 atom stereocenters. The zero-order chi connectivity index (χ0) is 9.92. The highest BCUT2D eigenvalue weighted by Gasteiger charge is 2.47. The van der Waals surface area contributed by atoms with E-state index in [-0.39, 0.29) is 11.9 Å². The summed E-state index contributed by atoms with van der Waals surface area (Å²) in [5.41, 5.74) is 1.49. The van der Waals surface area contributed by atoms with Crippen molar-refractivity contribution >= 4 is 31.9 Å². The number of halogens is 3. The van der Waals surface area contributed by atoms with Gasteiger partial charge in [-0.2, -0.15) is 0 Å². The number of rotatable bonds is 0. The summed E-state index contributed by atoms with van der Waals surface area (Å²) in [6.45, 7) is 0. The van der Waals surface area contributed by atoms with Crippen molar-refractivity contribution in [3.8, 4) is 0 Å². The number of alkyl halides is 1. The lowest BCUT2D eigenvalue weighted by Crippen LogP contribution is -2.12. The first-order chi connectivity index (χ1) is 6.62. The zero-order valence-corrected chi connectivity index (χ0v) is 10.1. The normalized spacial score (nSPS) is 32.4. The van der Waals surface area contributed by atoms with E-state index in [1.54, 1.807) is 6.07 Å². The predicted octanol–water partition coefficient (Wildman–Crippen LogP) is 3.78. The van der Waals surface area contributed by atoms with Crippen molar-refractivity contribution in [3.05, 3.63) is 45.7 Å². The van der Waals surface area contributed by atoms with Crippen LogP contribution in [0.5, 0.6) is 0 Å². The first-order valence-corrected chi connectivity index (χ1v) is 5.75. The third kappa shape index (κ3) is 0.965. The average molecular weight is 320 g/mol. The molecule has 0 saturated heterocycles. The number of ether oxygens (including phenoxy) is 1. The van der Waals surface area contributed by atoms with E-state index in [9.17, 15) is 4.39 Å². The SMILES string of the molecule is Fc1ccc(Br)c2c1C1(Br)C=CC2O1. The Bertz CT molecular complexity index is 458. The summed E-state index contributed by atoms with van der Waals surface area (Å²) >= 11 is 6.81. The van der Waals surface area contributed by atoms with Crippen molar-refractivity contribution in [3.63, 3.8) is 0 Å². The molecule has 1 aromatic carbocycles. The van der Waals surface area contributed by atoms with Crippen LogP contribution in [0.25, 0.3) is 0 Å². The molecule has 0 saturated carbocycles. The molecule has 0 aromatic heterocycles. The first kappa shape index (κ1) is 9.07. The van der Waals surface area contributed by atoms with Crippen molar-refractivity contribution in [2.24, 2.45) is 0 Å². The first-order valence-electron chi connectivity index (χ1n) is 4.16. The van der Waals surface area contributed by atoms with Gasteiger partial charge < -0.3 is 4.74 Å². The Balaban J connectivity index is 2.37. The largest absolute Gasteiger partial charge is 0.344 e. The summed E-state index contributed by atoms with van der Waals surface area (Å²) < 4.78 is 19.4. The van der Waals surface area contributed by atoms with E-state index >= 15 is 0 Å². The standard InChI is InChI=1S/C10H5Br2FO/c11-5-1-2-6(13)9-8(5)7-3-4-10(9,12)14-7/h1-4,7H. The Hall–Kier alpha value is -0.190. The van der Waals surface area contributed by atoms with Crippen molar-refractivity contribution in [1.29, 1.82) is 0 Å². The molecule has 0 fully saturated rings. The fourth-order valence-corrected chi connectivity index (χ4v) is 3.28. The number of hydrogen-bond donors (Lipinski definition) is 0. The molecule has 0 amide bonds. The van der Waals surface area contributed by atoms with Crippen LogP contribution < -0.4 is 0 Å². The van der Waals surface area contributed by atoms with E-state index in [2.05, 4.69) is 31.9 Å². The number of fused-ring (bicyclic) bond motifs is 5. The van der Waals surface area contributed by atoms with Crippen LogP contribution in [0.2, 0.25) is 0 Å². The Labute approximate surface area is 97.2 Å². The van der Waals surface area contributed by atoms with Crippen molar-refractivity contribution in [1.82, 2.24) is 0 Å². The number of benzene rings is 1. The second-order valence-corrected chi connectivity index (χ2v) is 5.39. The quantitative estimate of drug-likeness (QED) is 0.522. The monoisotopic (exact) mass is 318 g/mol. The molecule has 2 bridgehead atoms. The van der Waals surface area contributed by atoms with Gasteiger partial charge in [0.15, 0.2) is 4.51 Å². The van der Waals surface area contributed by atoms with Crippen LogP contribution in [0.1, 0.15) is 17.2 Å². The summed E-state index contributed by atoms with van der Waals surface area (Å²) in [7, 11) is 0. The minimum absolute atomic E-state index is 0.130. The lowest BCUT2D eigenvalue weighted by atomic mass is 9.96. The third-order valence-corrected chi connectivity index (χ3v) is 4.09. The van der Waals surface area contributed by atoms with Crippen LogP contribution in [-0.4, -0.2) is 0 Å². The van der Waals surface area contributed by atoms with E-state index in [1.165, 1.54) is 6.07 Å². The van der Waals surface area contributed by atoms with Crippen molar-refractivity contribution < 1.29 is 9.13 Å². The Kier molecular flexibility index (Phi) is 1.74. The van der Waals surface area contributed by atoms with Gasteiger partial charge in [0, 0.05) is 15.6 Å². The van der Waals surface area contributed by atoms with Gasteiger partial charge in [-0.3, -0.25) is 0 Å². The molecule has 3 rings (SSSR count). The smallest absolute Gasteiger partial charge is 0.171 e. The minimum atomic E-state index is -0.749. The Morgan fingerprint density at radius 3 is 2.93 bits per heavy atom. The molecule has 2 aliphatic rings. The van der Waals surface area contributed by atoms with Crippen LogP contribution in [0.4, 0.5) is 4.39 Å². The molecule has 2 aliphatic heterocycles. The summed E-state index contributed by atoms with van der Waals surface area (Å²) in [4.78, 5) is 0. The predicted molar refractivity (Wildman–Crippen MR) is 57.7 cm³/mol. The Morgan fingerprint density at radius 2 is 2.21 bits per heavy atom. The van der Waals surface area contributed by atoms with Crippen molar-refractivity contribution in [2.75, 3.05) is 0 Å². The maximum absolute atomic E-state index is 13.6. The maximum atomic E-state index is 13.6. The van der Waals surface area contributed by atoms with E-state index < -0.39 is 4.51 Å². The molecule has 0 N–H and O–H groups in total. The van der Waals surface area contributed by atoms with E-state index in [0.29, 0.717) is 5.56 Å². The molecule has 2 unspecified atom stereocenters. The van der Waals surface area contributed by atoms with Gasteiger partial charge in [-0.15, -0.1) is 0 Å². The molecule has 2 heterocycles. The second-order valence-electron chi connectivity index (χ2n) is 3.36. The van der Waals surface area contributed by atoms with Gasteiger partial charge in [-0.25, -0.2) is 4.39 Å². The molecular weight excluding hydrogens is 315 g/mol. The molecule has 1 aromatic rings. The summed E-state index contributed by atoms with van der Waals surface area (Å²) in [5.74, 6) is -0.230. The third-order valence-electron chi connectivity index (χ3n) is 2.55. The van der Waals surface area contributed by atoms with Crippen LogP contribution in [0.15, 0.2) is 28.8 Å². The summed E-state index contributed by atoms with van der Waals surface area (Å²) in [5, 5.41) is 0. The molecule has 72 valence electrons. The van der Waals surface area contributed by atoms with Gasteiger partial charge in [0.25, 0.3) is 0 Å². The topological polar surface area (TPSA) is 9.23 Å². The van der Waals surface area contributed by atoms with Gasteiger partial charge in [0.05, 0.1) is 0 Å². The van der Waals surface area contributed by atoms with Gasteiger partial charge in [0.2, 0.25) is 0 Å². The molecule has 14 heavy (non-hydrogen) atoms. The second kappa shape index (κ2) is 2.68. The highest BCUT2D eigenvalue weighted by Crippen LogP contribution is 2.56. The highest BCUT2D eigenvalue weighted by atomic mass is 79.9. The van der Waals surface area contributed by atoms with E-state index in [1.807, 2.05) is 12.2 Å². The fourth-order valence-electron chi connectivity index (χ4n) is 1.96. The lowest BCUT2D eigenvalue weighted by Gasteiger charge is -2.16. The van der Waals surface area contributed by atoms with Crippen LogP contribution in [0.3, 0.4) is 0 Å². The molecule has 0 spiro atoms. The molecule has 1 nitrogen and oxygen atoms in total. The van der Waals surface area contributed by atoms with Gasteiger partial charge >= 0.3 is 0 Å². The van der Waals surface area contributed by atoms with E-state index in [4.69, 9.17) is 4.74 Å². The van der Waals surface area contributed by atoms with Crippen molar-refractivity contribution in [2.45, 2.75) is 10.6 Å². The van der Waals surface area contributed by atoms with Crippen LogP contribution >= 0.6 is 31.9 Å². The van der Waals surface area contributed by atoms with Crippen LogP contribution in [0, 0.1) is 5.82 Å². The zero-order valence-electron chi connectivity index (χ0n) is 6.93. The number of hydrogen-bond acceptors (Lipinski definition) is 1. The average Bonchev–Trinajstić information content (AvgIpc) is 2.65. The van der Waals surface area contributed by atoms with Gasteiger partial charge in [-0.05, 0) is 34.1 Å². The Morgan fingerprint density at radius 1 is 1.43 bits per heavy atom. The fraction of sp³-hybridized carbons (Fsp3) is 0.200. The van der Waals surface area contributed by atoms with Crippen LogP contribution in [-0.2, 0) is 9.25 Å². The molecule has 4 heteroatoms. The van der Waals surface area contributed by atoms with Gasteiger partial charge in [-0.1, -0.05) is 22.0 Å². The maximum Gasteiger partial charge on any atom is 0.171 e. The lowest BCUT2D eigenvalue weighted by molar-refractivity contribution is 0.0666. The minimum Gasteiger partial charge on any atom is -0.344 e. The summed E-state index contributed by atoms with van der Waals surface area (Å²) in [6.07, 6.45) is 3.64. The van der Waals surface area contributed by atoms with E-state index in [0.717, 1.165) is 10.0 Å².